The van der Waals surface area contributed by atoms with E-state index in [0.717, 1.165) is 86.7 Å². The Balaban J connectivity index is 1.37. The molecular weight excluding hydrogens is 446 g/mol. The highest BCUT2D eigenvalue weighted by Gasteiger charge is 2.24. The predicted molar refractivity (Wildman–Crippen MR) is 130 cm³/mol. The first-order valence-electron chi connectivity index (χ1n) is 12.8. The van der Waals surface area contributed by atoms with E-state index in [0.29, 0.717) is 19.6 Å². The number of rotatable bonds is 9. The first-order chi connectivity index (χ1) is 17.1. The lowest BCUT2D eigenvalue weighted by Crippen LogP contribution is -3.20. The van der Waals surface area contributed by atoms with Crippen molar-refractivity contribution in [2.75, 3.05) is 46.0 Å². The number of H-pyrrole nitrogens is 1. The Bertz CT molecular complexity index is 1200. The molecule has 2 aliphatic heterocycles. The number of aromatic amines is 1. The minimum atomic E-state index is -0.0126. The minimum absolute atomic E-state index is 0.0126. The maximum absolute atomic E-state index is 13.1. The zero-order valence-corrected chi connectivity index (χ0v) is 20.8. The van der Waals surface area contributed by atoms with Crippen LogP contribution in [0, 0.1) is 13.8 Å². The van der Waals surface area contributed by atoms with Gasteiger partial charge in [-0.05, 0) is 54.3 Å². The van der Waals surface area contributed by atoms with Gasteiger partial charge in [-0.3, -0.25) is 4.79 Å². The number of tetrazole rings is 1. The zero-order valence-electron chi connectivity index (χ0n) is 20.8. The summed E-state index contributed by atoms with van der Waals surface area (Å²) in [7, 11) is 0. The summed E-state index contributed by atoms with van der Waals surface area (Å²) in [6.07, 6.45) is 2.31. The van der Waals surface area contributed by atoms with Crippen LogP contribution in [0.2, 0.25) is 0 Å². The van der Waals surface area contributed by atoms with Crippen molar-refractivity contribution in [3.05, 3.63) is 51.1 Å². The van der Waals surface area contributed by atoms with E-state index in [4.69, 9.17) is 9.47 Å². The van der Waals surface area contributed by atoms with Crippen LogP contribution in [0.3, 0.4) is 0 Å². The van der Waals surface area contributed by atoms with Crippen molar-refractivity contribution in [2.24, 2.45) is 0 Å². The lowest BCUT2D eigenvalue weighted by Gasteiger charge is -2.26. The number of hydrogen-bond donors (Lipinski definition) is 3. The molecule has 2 fully saturated rings. The Labute approximate surface area is 205 Å². The second-order valence-corrected chi connectivity index (χ2v) is 9.99. The Kier molecular flexibility index (Phi) is 7.52. The van der Waals surface area contributed by atoms with Gasteiger partial charge in [0.15, 0.2) is 0 Å². The molecule has 10 nitrogen and oxygen atoms in total. The molecule has 1 unspecified atom stereocenters. The van der Waals surface area contributed by atoms with E-state index in [1.807, 2.05) is 11.6 Å². The summed E-state index contributed by atoms with van der Waals surface area (Å²) in [6, 6.07) is 6.25. The van der Waals surface area contributed by atoms with Gasteiger partial charge in [-0.2, -0.15) is 0 Å². The van der Waals surface area contributed by atoms with Crippen LogP contribution in [-0.4, -0.2) is 77.3 Å². The third kappa shape index (κ3) is 5.78. The molecule has 1 aromatic carbocycles. The number of benzene rings is 1. The van der Waals surface area contributed by atoms with Crippen molar-refractivity contribution in [1.29, 1.82) is 0 Å². The Morgan fingerprint density at radius 1 is 1.17 bits per heavy atom. The van der Waals surface area contributed by atoms with Crippen molar-refractivity contribution >= 4 is 10.9 Å². The molecule has 0 bridgehead atoms. The van der Waals surface area contributed by atoms with Crippen molar-refractivity contribution in [3.8, 4) is 0 Å². The first-order valence-corrected chi connectivity index (χ1v) is 12.8. The minimum Gasteiger partial charge on any atom is -0.376 e. The first kappa shape index (κ1) is 24.1. The van der Waals surface area contributed by atoms with E-state index in [1.165, 1.54) is 10.5 Å². The van der Waals surface area contributed by atoms with Gasteiger partial charge in [-0.15, -0.1) is 5.10 Å². The molecular formula is C25H37N7O3+2. The Morgan fingerprint density at radius 3 is 2.80 bits per heavy atom. The van der Waals surface area contributed by atoms with Gasteiger partial charge in [0.2, 0.25) is 5.82 Å². The molecule has 0 amide bonds. The molecule has 0 spiro atoms. The molecule has 2 aromatic heterocycles. The zero-order chi connectivity index (χ0) is 24.2. The van der Waals surface area contributed by atoms with E-state index in [-0.39, 0.29) is 11.7 Å². The molecule has 10 heteroatoms. The number of aromatic nitrogens is 5. The summed E-state index contributed by atoms with van der Waals surface area (Å²) < 4.78 is 13.2. The molecule has 0 aliphatic carbocycles. The van der Waals surface area contributed by atoms with Gasteiger partial charge < -0.3 is 24.3 Å². The SMILES string of the molecule is Cc1ccc(C)c2[nH]c(=O)c(C[NH+](CC[NH+]3CCOCC3)Cc3nnnn3C[C@H]3CCCO3)cc12. The third-order valence-corrected chi connectivity index (χ3v) is 7.41. The summed E-state index contributed by atoms with van der Waals surface area (Å²) in [5.74, 6) is 0.844. The molecule has 35 heavy (non-hydrogen) atoms. The third-order valence-electron chi connectivity index (χ3n) is 7.41. The molecule has 3 N–H and O–H groups in total. The Hall–Kier alpha value is -2.66. The molecule has 4 heterocycles. The van der Waals surface area contributed by atoms with Crippen molar-refractivity contribution < 1.29 is 19.3 Å². The Morgan fingerprint density at radius 2 is 2.00 bits per heavy atom. The lowest BCUT2D eigenvalue weighted by molar-refractivity contribution is -0.975. The van der Waals surface area contributed by atoms with Crippen molar-refractivity contribution in [2.45, 2.75) is 52.4 Å². The quantitative estimate of drug-likeness (QED) is 0.354. The van der Waals surface area contributed by atoms with Crippen molar-refractivity contribution in [1.82, 2.24) is 25.2 Å². The number of nitrogens with one attached hydrogen (secondary N) is 3. The van der Waals surface area contributed by atoms with E-state index in [9.17, 15) is 4.79 Å². The summed E-state index contributed by atoms with van der Waals surface area (Å²) in [4.78, 5) is 19.1. The molecule has 2 aliphatic rings. The maximum Gasteiger partial charge on any atom is 0.257 e. The van der Waals surface area contributed by atoms with Gasteiger partial charge in [0, 0.05) is 12.0 Å². The number of fused-ring (bicyclic) bond motifs is 1. The van der Waals surface area contributed by atoms with E-state index in [2.05, 4.69) is 45.6 Å². The largest absolute Gasteiger partial charge is 0.376 e. The fraction of sp³-hybridized carbons (Fsp3) is 0.600. The highest BCUT2D eigenvalue weighted by molar-refractivity contribution is 5.85. The number of hydrogen-bond acceptors (Lipinski definition) is 6. The van der Waals surface area contributed by atoms with Crippen LogP contribution >= 0.6 is 0 Å². The molecule has 2 saturated heterocycles. The maximum atomic E-state index is 13.1. The van der Waals surface area contributed by atoms with Crippen LogP contribution < -0.4 is 15.4 Å². The molecule has 0 saturated carbocycles. The molecule has 188 valence electrons. The van der Waals surface area contributed by atoms with Crippen LogP contribution in [0.1, 0.15) is 35.4 Å². The second-order valence-electron chi connectivity index (χ2n) is 9.99. The topological polar surface area (TPSA) is 104 Å². The lowest BCUT2D eigenvalue weighted by atomic mass is 10.0. The van der Waals surface area contributed by atoms with Crippen molar-refractivity contribution in [3.63, 3.8) is 0 Å². The number of quaternary nitrogens is 2. The normalized spacial score (nSPS) is 20.0. The van der Waals surface area contributed by atoms with Gasteiger partial charge in [0.1, 0.15) is 39.3 Å². The van der Waals surface area contributed by atoms with Crippen LogP contribution in [0.25, 0.3) is 10.9 Å². The van der Waals surface area contributed by atoms with Crippen LogP contribution in [0.15, 0.2) is 23.0 Å². The van der Waals surface area contributed by atoms with Gasteiger partial charge in [0.25, 0.3) is 5.56 Å². The van der Waals surface area contributed by atoms with Gasteiger partial charge in [0.05, 0.1) is 36.9 Å². The van der Waals surface area contributed by atoms with Gasteiger partial charge in [-0.25, -0.2) is 4.68 Å². The average molecular weight is 484 g/mol. The fourth-order valence-corrected chi connectivity index (χ4v) is 5.22. The second kappa shape index (κ2) is 10.9. The average Bonchev–Trinajstić information content (AvgIpc) is 3.54. The van der Waals surface area contributed by atoms with Crippen LogP contribution in [0.4, 0.5) is 0 Å². The highest BCUT2D eigenvalue weighted by Crippen LogP contribution is 2.19. The molecule has 0 radical (unpaired) electrons. The predicted octanol–water partition coefficient (Wildman–Crippen LogP) is -1.19. The number of pyridine rings is 1. The standard InChI is InChI=1S/C25H35N7O3/c1-18-5-6-19(2)24-22(18)14-20(25(33)26-24)15-31(8-7-30-9-12-34-13-10-30)17-23-27-28-29-32(23)16-21-4-3-11-35-21/h5-6,14,21H,3-4,7-13,15-17H2,1-2H3,(H,26,33)/p+2/t21-/m1/s1. The van der Waals surface area contributed by atoms with Crippen LogP contribution in [0.5, 0.6) is 0 Å². The fourth-order valence-electron chi connectivity index (χ4n) is 5.22. The molecule has 2 atom stereocenters. The van der Waals surface area contributed by atoms with E-state index >= 15 is 0 Å². The number of ether oxygens (including phenoxy) is 2. The summed E-state index contributed by atoms with van der Waals surface area (Å²) >= 11 is 0. The molecule has 3 aromatic rings. The highest BCUT2D eigenvalue weighted by atomic mass is 16.5. The van der Waals surface area contributed by atoms with Gasteiger partial charge in [-0.1, -0.05) is 12.1 Å². The van der Waals surface area contributed by atoms with E-state index < -0.39 is 0 Å². The molecule has 5 rings (SSSR count). The summed E-state index contributed by atoms with van der Waals surface area (Å²) in [6.45, 7) is 12.5. The summed E-state index contributed by atoms with van der Waals surface area (Å²) in [5.41, 5.74) is 3.97. The summed E-state index contributed by atoms with van der Waals surface area (Å²) in [5, 5.41) is 13.7. The number of aryl methyl sites for hydroxylation is 2. The number of morpholine rings is 1. The van der Waals surface area contributed by atoms with Crippen LogP contribution in [-0.2, 0) is 29.1 Å². The smallest absolute Gasteiger partial charge is 0.257 e. The van der Waals surface area contributed by atoms with E-state index in [1.54, 1.807) is 4.90 Å². The number of nitrogens with zero attached hydrogens (tertiary/aromatic N) is 4. The monoisotopic (exact) mass is 483 g/mol. The van der Waals surface area contributed by atoms with Gasteiger partial charge >= 0.3 is 0 Å².